The van der Waals surface area contributed by atoms with Crippen molar-refractivity contribution in [3.05, 3.63) is 29.8 Å². The smallest absolute Gasteiger partial charge is 0.159 e. The lowest BCUT2D eigenvalue weighted by molar-refractivity contribution is 0.101. The average molecular weight is 247 g/mol. The lowest BCUT2D eigenvalue weighted by Gasteiger charge is -2.46. The molecule has 98 valence electrons. The lowest BCUT2D eigenvalue weighted by atomic mass is 9.88. The summed E-state index contributed by atoms with van der Waals surface area (Å²) in [5.74, 6) is 0.0761. The first kappa shape index (κ1) is 13.1. The molecule has 0 saturated carbocycles. The van der Waals surface area contributed by atoms with Gasteiger partial charge in [-0.05, 0) is 45.7 Å². The molecule has 1 atom stereocenters. The zero-order valence-corrected chi connectivity index (χ0v) is 11.3. The third kappa shape index (κ3) is 2.56. The number of carbonyl (C=O) groups is 1. The number of hydrogen-bond donors (Lipinski definition) is 1. The fraction of sp³-hybridized carbons (Fsp3) is 0.533. The molecule has 0 radical (unpaired) electrons. The molecule has 0 aromatic heterocycles. The Morgan fingerprint density at radius 1 is 1.44 bits per heavy atom. The topological polar surface area (TPSA) is 40.5 Å². The van der Waals surface area contributed by atoms with E-state index in [-0.39, 0.29) is 17.4 Å². The highest BCUT2D eigenvalue weighted by Gasteiger charge is 2.33. The van der Waals surface area contributed by atoms with Crippen LogP contribution in [0.4, 0.5) is 5.69 Å². The second-order valence-electron chi connectivity index (χ2n) is 5.72. The number of β-amino-alcohol motifs (C(OH)–C–C–N with tert-alkyl or cyclic N) is 1. The van der Waals surface area contributed by atoms with Gasteiger partial charge in [0.1, 0.15) is 0 Å². The molecular weight excluding hydrogens is 226 g/mol. The third-order valence-corrected chi connectivity index (χ3v) is 3.78. The summed E-state index contributed by atoms with van der Waals surface area (Å²) in [4.78, 5) is 13.6. The van der Waals surface area contributed by atoms with Crippen LogP contribution in [0.3, 0.4) is 0 Å². The van der Waals surface area contributed by atoms with Crippen molar-refractivity contribution in [2.45, 2.75) is 45.3 Å². The van der Waals surface area contributed by atoms with Gasteiger partial charge in [0.15, 0.2) is 5.78 Å². The van der Waals surface area contributed by atoms with Gasteiger partial charge in [-0.2, -0.15) is 0 Å². The zero-order chi connectivity index (χ0) is 13.3. The minimum absolute atomic E-state index is 0.0225. The van der Waals surface area contributed by atoms with Gasteiger partial charge in [0.25, 0.3) is 0 Å². The average Bonchev–Trinajstić information content (AvgIpc) is 2.32. The Bertz CT molecular complexity index is 454. The summed E-state index contributed by atoms with van der Waals surface area (Å²) in [5.41, 5.74) is 1.77. The summed E-state index contributed by atoms with van der Waals surface area (Å²) in [6.45, 7) is 6.57. The number of piperidine rings is 1. The molecule has 1 aliphatic heterocycles. The van der Waals surface area contributed by atoms with E-state index in [1.54, 1.807) is 6.92 Å². The Balaban J connectivity index is 2.34. The summed E-state index contributed by atoms with van der Waals surface area (Å²) < 4.78 is 0. The Labute approximate surface area is 108 Å². The normalized spacial score (nSPS) is 22.9. The second-order valence-corrected chi connectivity index (χ2v) is 5.72. The van der Waals surface area contributed by atoms with Crippen LogP contribution >= 0.6 is 0 Å². The number of anilines is 1. The van der Waals surface area contributed by atoms with Crippen LogP contribution in [-0.4, -0.2) is 29.1 Å². The van der Waals surface area contributed by atoms with Gasteiger partial charge in [0.2, 0.25) is 0 Å². The Morgan fingerprint density at radius 3 is 2.83 bits per heavy atom. The van der Waals surface area contributed by atoms with Crippen molar-refractivity contribution in [3.63, 3.8) is 0 Å². The van der Waals surface area contributed by atoms with Crippen molar-refractivity contribution in [1.82, 2.24) is 0 Å². The fourth-order valence-corrected chi connectivity index (χ4v) is 2.55. The molecule has 1 N–H and O–H groups in total. The number of benzene rings is 1. The van der Waals surface area contributed by atoms with Crippen LogP contribution < -0.4 is 4.90 Å². The molecule has 1 unspecified atom stereocenters. The van der Waals surface area contributed by atoms with Crippen molar-refractivity contribution in [1.29, 1.82) is 0 Å². The molecule has 3 nitrogen and oxygen atoms in total. The van der Waals surface area contributed by atoms with E-state index in [0.29, 0.717) is 6.54 Å². The van der Waals surface area contributed by atoms with E-state index in [4.69, 9.17) is 0 Å². The molecule has 1 fully saturated rings. The quantitative estimate of drug-likeness (QED) is 0.817. The lowest BCUT2D eigenvalue weighted by Crippen LogP contribution is -2.52. The number of aliphatic hydroxyl groups excluding tert-OH is 1. The summed E-state index contributed by atoms with van der Waals surface area (Å²) in [5, 5.41) is 9.84. The van der Waals surface area contributed by atoms with Gasteiger partial charge < -0.3 is 10.0 Å². The van der Waals surface area contributed by atoms with E-state index in [2.05, 4.69) is 18.7 Å². The molecule has 0 spiro atoms. The van der Waals surface area contributed by atoms with Gasteiger partial charge in [0, 0.05) is 23.3 Å². The van der Waals surface area contributed by atoms with E-state index in [1.807, 2.05) is 24.3 Å². The number of rotatable bonds is 2. The molecule has 1 heterocycles. The standard InChI is InChI=1S/C15H21NO2/c1-11(17)12-5-4-6-13(9-12)16-10-14(18)7-8-15(16,2)3/h4-6,9,14,18H,7-8,10H2,1-3H3. The molecule has 2 rings (SSSR count). The zero-order valence-electron chi connectivity index (χ0n) is 11.3. The van der Waals surface area contributed by atoms with Gasteiger partial charge in [-0.25, -0.2) is 0 Å². The van der Waals surface area contributed by atoms with Gasteiger partial charge in [-0.3, -0.25) is 4.79 Å². The van der Waals surface area contributed by atoms with Crippen LogP contribution in [0.5, 0.6) is 0 Å². The number of nitrogens with zero attached hydrogens (tertiary/aromatic N) is 1. The van der Waals surface area contributed by atoms with Crippen LogP contribution in [0.15, 0.2) is 24.3 Å². The van der Waals surface area contributed by atoms with Crippen LogP contribution in [0, 0.1) is 0 Å². The SMILES string of the molecule is CC(=O)c1cccc(N2CC(O)CCC2(C)C)c1. The van der Waals surface area contributed by atoms with E-state index in [9.17, 15) is 9.90 Å². The highest BCUT2D eigenvalue weighted by molar-refractivity contribution is 5.95. The molecule has 1 aromatic carbocycles. The minimum atomic E-state index is -0.279. The maximum absolute atomic E-state index is 11.4. The van der Waals surface area contributed by atoms with Crippen LogP contribution in [0.2, 0.25) is 0 Å². The van der Waals surface area contributed by atoms with Gasteiger partial charge in [-0.1, -0.05) is 12.1 Å². The van der Waals surface area contributed by atoms with E-state index in [1.165, 1.54) is 0 Å². The number of carbonyl (C=O) groups excluding carboxylic acids is 1. The summed E-state index contributed by atoms with van der Waals surface area (Å²) >= 11 is 0. The monoisotopic (exact) mass is 247 g/mol. The number of ketones is 1. The van der Waals surface area contributed by atoms with Crippen molar-refractivity contribution in [3.8, 4) is 0 Å². The molecule has 18 heavy (non-hydrogen) atoms. The molecule has 0 aliphatic carbocycles. The van der Waals surface area contributed by atoms with E-state index >= 15 is 0 Å². The minimum Gasteiger partial charge on any atom is -0.391 e. The highest BCUT2D eigenvalue weighted by atomic mass is 16.3. The first-order chi connectivity index (χ1) is 8.40. The number of aliphatic hydroxyl groups is 1. The van der Waals surface area contributed by atoms with Crippen molar-refractivity contribution in [2.24, 2.45) is 0 Å². The van der Waals surface area contributed by atoms with Gasteiger partial charge in [0.05, 0.1) is 6.10 Å². The van der Waals surface area contributed by atoms with Crippen molar-refractivity contribution in [2.75, 3.05) is 11.4 Å². The summed E-state index contributed by atoms with van der Waals surface area (Å²) in [7, 11) is 0. The molecule has 0 amide bonds. The van der Waals surface area contributed by atoms with Gasteiger partial charge >= 0.3 is 0 Å². The predicted octanol–water partition coefficient (Wildman–Crippen LogP) is 2.63. The van der Waals surface area contributed by atoms with Crippen molar-refractivity contribution >= 4 is 11.5 Å². The number of hydrogen-bond acceptors (Lipinski definition) is 3. The molecule has 3 heteroatoms. The Kier molecular flexibility index (Phi) is 3.44. The predicted molar refractivity (Wildman–Crippen MR) is 73.1 cm³/mol. The Hall–Kier alpha value is -1.35. The van der Waals surface area contributed by atoms with Crippen LogP contribution in [0.1, 0.15) is 44.0 Å². The van der Waals surface area contributed by atoms with Crippen molar-refractivity contribution < 1.29 is 9.90 Å². The molecule has 0 bridgehead atoms. The largest absolute Gasteiger partial charge is 0.391 e. The second kappa shape index (κ2) is 4.73. The highest BCUT2D eigenvalue weighted by Crippen LogP contribution is 2.32. The van der Waals surface area contributed by atoms with Crippen LogP contribution in [0.25, 0.3) is 0 Å². The Morgan fingerprint density at radius 2 is 2.17 bits per heavy atom. The first-order valence-electron chi connectivity index (χ1n) is 6.47. The van der Waals surface area contributed by atoms with E-state index in [0.717, 1.165) is 24.1 Å². The summed E-state index contributed by atoms with van der Waals surface area (Å²) in [6, 6.07) is 7.66. The van der Waals surface area contributed by atoms with E-state index < -0.39 is 0 Å². The summed E-state index contributed by atoms with van der Waals surface area (Å²) in [6.07, 6.45) is 1.52. The van der Waals surface area contributed by atoms with Gasteiger partial charge in [-0.15, -0.1) is 0 Å². The molecule has 1 saturated heterocycles. The fourth-order valence-electron chi connectivity index (χ4n) is 2.55. The molecular formula is C15H21NO2. The molecule has 1 aliphatic rings. The van der Waals surface area contributed by atoms with Crippen LogP contribution in [-0.2, 0) is 0 Å². The first-order valence-corrected chi connectivity index (χ1v) is 6.47. The maximum atomic E-state index is 11.4. The third-order valence-electron chi connectivity index (χ3n) is 3.78. The maximum Gasteiger partial charge on any atom is 0.159 e. The molecule has 1 aromatic rings. The number of Topliss-reactive ketones (excluding diaryl/α,β-unsaturated/α-hetero) is 1.